The largest absolute Gasteiger partial charge is 0.497 e. The minimum Gasteiger partial charge on any atom is -0.497 e. The Bertz CT molecular complexity index is 624. The van der Waals surface area contributed by atoms with Gasteiger partial charge in [0.2, 0.25) is 0 Å². The van der Waals surface area contributed by atoms with Gasteiger partial charge in [0.25, 0.3) is 5.91 Å². The minimum atomic E-state index is -0.0688. The molecule has 0 aliphatic heterocycles. The summed E-state index contributed by atoms with van der Waals surface area (Å²) in [4.78, 5) is 16.2. The molecular formula is C19H25N3O2. The van der Waals surface area contributed by atoms with Crippen molar-refractivity contribution in [1.82, 2.24) is 10.3 Å². The average Bonchev–Trinajstić information content (AvgIpc) is 2.63. The second-order valence-corrected chi connectivity index (χ2v) is 5.57. The summed E-state index contributed by atoms with van der Waals surface area (Å²) in [6.45, 7) is 3.58. The lowest BCUT2D eigenvalue weighted by atomic mass is 10.1. The maximum atomic E-state index is 11.9. The summed E-state index contributed by atoms with van der Waals surface area (Å²) in [5.41, 5.74) is 1.82. The average molecular weight is 327 g/mol. The molecule has 0 bridgehead atoms. The van der Waals surface area contributed by atoms with Gasteiger partial charge in [-0.25, -0.2) is 4.98 Å². The van der Waals surface area contributed by atoms with Crippen molar-refractivity contribution in [2.24, 2.45) is 0 Å². The van der Waals surface area contributed by atoms with Crippen LogP contribution in [-0.4, -0.2) is 31.1 Å². The zero-order valence-electron chi connectivity index (χ0n) is 14.3. The molecule has 1 aromatic carbocycles. The Morgan fingerprint density at radius 3 is 2.54 bits per heavy atom. The summed E-state index contributed by atoms with van der Waals surface area (Å²) in [6.07, 6.45) is 4.56. The van der Waals surface area contributed by atoms with Gasteiger partial charge in [0.05, 0.1) is 12.7 Å². The van der Waals surface area contributed by atoms with Crippen LogP contribution in [0.5, 0.6) is 5.75 Å². The molecule has 1 aromatic heterocycles. The van der Waals surface area contributed by atoms with Crippen molar-refractivity contribution in [2.45, 2.75) is 26.2 Å². The molecule has 0 saturated carbocycles. The monoisotopic (exact) mass is 327 g/mol. The van der Waals surface area contributed by atoms with E-state index in [1.165, 1.54) is 5.56 Å². The molecule has 128 valence electrons. The molecule has 5 nitrogen and oxygen atoms in total. The van der Waals surface area contributed by atoms with E-state index in [2.05, 4.69) is 34.7 Å². The van der Waals surface area contributed by atoms with Crippen LogP contribution in [0.25, 0.3) is 0 Å². The Labute approximate surface area is 143 Å². The highest BCUT2D eigenvalue weighted by Crippen LogP contribution is 2.12. The Hall–Kier alpha value is -2.56. The molecule has 2 N–H and O–H groups in total. The number of nitrogens with one attached hydrogen (secondary N) is 2. The number of nitrogens with zero attached hydrogens (tertiary/aromatic N) is 1. The van der Waals surface area contributed by atoms with Gasteiger partial charge in [-0.1, -0.05) is 25.5 Å². The van der Waals surface area contributed by atoms with Gasteiger partial charge in [-0.2, -0.15) is 0 Å². The van der Waals surface area contributed by atoms with E-state index >= 15 is 0 Å². The first-order valence-corrected chi connectivity index (χ1v) is 8.34. The lowest BCUT2D eigenvalue weighted by molar-refractivity contribution is 0.0953. The molecule has 1 heterocycles. The van der Waals surface area contributed by atoms with E-state index in [0.29, 0.717) is 12.1 Å². The van der Waals surface area contributed by atoms with Gasteiger partial charge in [0.15, 0.2) is 0 Å². The fraction of sp³-hybridized carbons (Fsp3) is 0.368. The van der Waals surface area contributed by atoms with Gasteiger partial charge >= 0.3 is 0 Å². The van der Waals surface area contributed by atoms with Crippen LogP contribution in [0.15, 0.2) is 42.6 Å². The Balaban J connectivity index is 1.77. The summed E-state index contributed by atoms with van der Waals surface area (Å²) in [6, 6.07) is 11.7. The Morgan fingerprint density at radius 1 is 1.12 bits per heavy atom. The summed E-state index contributed by atoms with van der Waals surface area (Å²) in [7, 11) is 1.66. The van der Waals surface area contributed by atoms with Crippen molar-refractivity contribution in [3.63, 3.8) is 0 Å². The number of hydrogen-bond acceptors (Lipinski definition) is 4. The van der Waals surface area contributed by atoms with Gasteiger partial charge in [0, 0.05) is 19.3 Å². The number of benzene rings is 1. The highest BCUT2D eigenvalue weighted by atomic mass is 16.5. The van der Waals surface area contributed by atoms with Crippen LogP contribution < -0.4 is 15.4 Å². The molecular weight excluding hydrogens is 302 g/mol. The number of amides is 1. The molecule has 0 fully saturated rings. The zero-order chi connectivity index (χ0) is 17.2. The number of hydrogen-bond donors (Lipinski definition) is 2. The van der Waals surface area contributed by atoms with Crippen LogP contribution in [0.1, 0.15) is 35.7 Å². The lowest BCUT2D eigenvalue weighted by Crippen LogP contribution is -2.24. The number of ether oxygens (including phenoxy) is 1. The quantitative estimate of drug-likeness (QED) is 0.694. The van der Waals surface area contributed by atoms with Crippen LogP contribution in [0.3, 0.4) is 0 Å². The van der Waals surface area contributed by atoms with Crippen molar-refractivity contribution in [1.29, 1.82) is 0 Å². The van der Waals surface area contributed by atoms with Crippen molar-refractivity contribution < 1.29 is 9.53 Å². The zero-order valence-corrected chi connectivity index (χ0v) is 14.3. The third-order valence-corrected chi connectivity index (χ3v) is 3.72. The molecule has 24 heavy (non-hydrogen) atoms. The number of anilines is 1. The van der Waals surface area contributed by atoms with E-state index in [4.69, 9.17) is 4.74 Å². The van der Waals surface area contributed by atoms with Gasteiger partial charge in [-0.3, -0.25) is 4.79 Å². The van der Waals surface area contributed by atoms with Crippen molar-refractivity contribution in [2.75, 3.05) is 25.5 Å². The van der Waals surface area contributed by atoms with Crippen LogP contribution in [0, 0.1) is 0 Å². The van der Waals surface area contributed by atoms with Crippen LogP contribution in [0.2, 0.25) is 0 Å². The smallest absolute Gasteiger partial charge is 0.252 e. The molecule has 2 rings (SSSR count). The normalized spacial score (nSPS) is 10.2. The summed E-state index contributed by atoms with van der Waals surface area (Å²) in [5, 5.41) is 6.15. The predicted octanol–water partition coefficient (Wildman–Crippen LogP) is 3.27. The van der Waals surface area contributed by atoms with Crippen molar-refractivity contribution in [3.05, 3.63) is 53.7 Å². The first-order valence-electron chi connectivity index (χ1n) is 8.34. The standard InChI is InChI=1S/C19H25N3O2/c1-3-4-12-21-19(23)16-7-10-18(22-14-16)20-13-11-15-5-8-17(24-2)9-6-15/h5-10,14H,3-4,11-13H2,1-2H3,(H,20,22)(H,21,23). The first kappa shape index (κ1) is 17.8. The van der Waals surface area contributed by atoms with Gasteiger partial charge in [-0.05, 0) is 42.7 Å². The number of unbranched alkanes of at least 4 members (excludes halogenated alkanes) is 1. The fourth-order valence-corrected chi connectivity index (χ4v) is 2.24. The number of carbonyl (C=O) groups excluding carboxylic acids is 1. The molecule has 0 spiro atoms. The van der Waals surface area contributed by atoms with Crippen molar-refractivity contribution >= 4 is 11.7 Å². The van der Waals surface area contributed by atoms with Crippen LogP contribution >= 0.6 is 0 Å². The number of methoxy groups -OCH3 is 1. The highest BCUT2D eigenvalue weighted by Gasteiger charge is 2.05. The topological polar surface area (TPSA) is 63.2 Å². The molecule has 0 aliphatic carbocycles. The third-order valence-electron chi connectivity index (χ3n) is 3.72. The maximum absolute atomic E-state index is 11.9. The van der Waals surface area contributed by atoms with E-state index in [1.807, 2.05) is 18.2 Å². The third kappa shape index (κ3) is 5.57. The molecule has 0 unspecified atom stereocenters. The molecule has 0 aliphatic rings. The van der Waals surface area contributed by atoms with Crippen LogP contribution in [-0.2, 0) is 6.42 Å². The summed E-state index contributed by atoms with van der Waals surface area (Å²) < 4.78 is 5.15. The van der Waals surface area contributed by atoms with E-state index in [0.717, 1.165) is 37.4 Å². The van der Waals surface area contributed by atoms with Gasteiger partial charge in [-0.15, -0.1) is 0 Å². The maximum Gasteiger partial charge on any atom is 0.252 e. The van der Waals surface area contributed by atoms with Gasteiger partial charge in [0.1, 0.15) is 11.6 Å². The van der Waals surface area contributed by atoms with Crippen LogP contribution in [0.4, 0.5) is 5.82 Å². The SMILES string of the molecule is CCCCNC(=O)c1ccc(NCCc2ccc(OC)cc2)nc1. The van der Waals surface area contributed by atoms with E-state index in [1.54, 1.807) is 19.4 Å². The van der Waals surface area contributed by atoms with Gasteiger partial charge < -0.3 is 15.4 Å². The van der Waals surface area contributed by atoms with Crippen molar-refractivity contribution in [3.8, 4) is 5.75 Å². The highest BCUT2D eigenvalue weighted by molar-refractivity contribution is 5.94. The number of carbonyl (C=O) groups is 1. The van der Waals surface area contributed by atoms with E-state index in [-0.39, 0.29) is 5.91 Å². The fourth-order valence-electron chi connectivity index (χ4n) is 2.24. The molecule has 0 radical (unpaired) electrons. The van der Waals surface area contributed by atoms with E-state index < -0.39 is 0 Å². The van der Waals surface area contributed by atoms with E-state index in [9.17, 15) is 4.79 Å². The second kappa shape index (κ2) is 9.55. The number of rotatable bonds is 9. The molecule has 0 saturated heterocycles. The molecule has 5 heteroatoms. The number of pyridine rings is 1. The summed E-state index contributed by atoms with van der Waals surface area (Å²) in [5.74, 6) is 1.57. The summed E-state index contributed by atoms with van der Waals surface area (Å²) >= 11 is 0. The second-order valence-electron chi connectivity index (χ2n) is 5.57. The lowest BCUT2D eigenvalue weighted by Gasteiger charge is -2.08. The predicted molar refractivity (Wildman–Crippen MR) is 96.7 cm³/mol. The first-order chi connectivity index (χ1) is 11.7. The molecule has 1 amide bonds. The molecule has 0 atom stereocenters. The Morgan fingerprint density at radius 2 is 1.92 bits per heavy atom. The number of aromatic nitrogens is 1. The molecule has 2 aromatic rings. The minimum absolute atomic E-state index is 0.0688. The Kier molecular flexibility index (Phi) is 7.08.